The van der Waals surface area contributed by atoms with Gasteiger partial charge in [0, 0.05) is 81.6 Å². The Kier molecular flexibility index (Phi) is 6.38. The third kappa shape index (κ3) is 4.42. The minimum Gasteiger partial charge on any atom is -0.456 e. The molecule has 0 fully saturated rings. The number of nitrogens with zero attached hydrogens (tertiary/aromatic N) is 4. The molecule has 0 unspecified atom stereocenters. The minimum atomic E-state index is -0.872. The summed E-state index contributed by atoms with van der Waals surface area (Å²) in [5.41, 5.74) is 7.48. The molecule has 0 saturated heterocycles. The van der Waals surface area contributed by atoms with Crippen LogP contribution in [0, 0.1) is 0 Å². The highest BCUT2D eigenvalue weighted by Gasteiger charge is 2.44. The first kappa shape index (κ1) is 24.4. The van der Waals surface area contributed by atoms with Crippen LogP contribution in [0.2, 0.25) is 0 Å². The van der Waals surface area contributed by atoms with E-state index in [-0.39, 0.29) is 0 Å². The standard InChI is InChI=1S/C32H34N4O/c1-34(2)26-16-12-24(13-17-26)32(25-14-18-27(19-15-25)35(3)4)29-21-20-28(36(5)6)22-30(29)33-31(37-32)23-10-8-7-9-11-23/h7-22H,1-6H3. The smallest absolute Gasteiger partial charge is 0.222 e. The maximum Gasteiger partial charge on any atom is 0.222 e. The summed E-state index contributed by atoms with van der Waals surface area (Å²) in [6.07, 6.45) is 0. The van der Waals surface area contributed by atoms with Crippen LogP contribution in [0.25, 0.3) is 0 Å². The Bertz CT molecular complexity index is 1350. The van der Waals surface area contributed by atoms with Crippen molar-refractivity contribution in [2.75, 3.05) is 57.0 Å². The van der Waals surface area contributed by atoms with Gasteiger partial charge >= 0.3 is 0 Å². The molecule has 1 aliphatic heterocycles. The second kappa shape index (κ2) is 9.66. The van der Waals surface area contributed by atoms with E-state index >= 15 is 0 Å². The van der Waals surface area contributed by atoms with Crippen LogP contribution < -0.4 is 14.7 Å². The van der Waals surface area contributed by atoms with E-state index < -0.39 is 5.60 Å². The zero-order chi connectivity index (χ0) is 26.2. The fourth-order valence-electron chi connectivity index (χ4n) is 4.81. The van der Waals surface area contributed by atoms with Gasteiger partial charge in [-0.25, -0.2) is 4.99 Å². The van der Waals surface area contributed by atoms with Gasteiger partial charge in [-0.05, 0) is 48.5 Å². The summed E-state index contributed by atoms with van der Waals surface area (Å²) in [7, 11) is 12.3. The Labute approximate surface area is 220 Å². The normalized spacial score (nSPS) is 13.7. The number of anilines is 3. The SMILES string of the molecule is CN(C)c1ccc(C2(c3ccc(N(C)C)cc3)OC(c3ccccc3)=Nc3cc(N(C)C)ccc32)cc1. The van der Waals surface area contributed by atoms with Crippen molar-refractivity contribution in [3.05, 3.63) is 119 Å². The molecule has 0 aliphatic carbocycles. The van der Waals surface area contributed by atoms with E-state index in [2.05, 4.69) is 136 Å². The summed E-state index contributed by atoms with van der Waals surface area (Å²) in [5, 5.41) is 0. The Morgan fingerprint density at radius 1 is 0.568 bits per heavy atom. The van der Waals surface area contributed by atoms with Gasteiger partial charge in [-0.15, -0.1) is 0 Å². The van der Waals surface area contributed by atoms with E-state index in [1.165, 1.54) is 0 Å². The van der Waals surface area contributed by atoms with Gasteiger partial charge < -0.3 is 19.4 Å². The molecule has 37 heavy (non-hydrogen) atoms. The van der Waals surface area contributed by atoms with Crippen LogP contribution in [0.15, 0.2) is 102 Å². The largest absolute Gasteiger partial charge is 0.456 e. The van der Waals surface area contributed by atoms with Gasteiger partial charge in [0.25, 0.3) is 0 Å². The van der Waals surface area contributed by atoms with Gasteiger partial charge in [0.15, 0.2) is 5.60 Å². The summed E-state index contributed by atoms with van der Waals surface area (Å²) in [6, 6.07) is 33.9. The van der Waals surface area contributed by atoms with Gasteiger partial charge in [0.1, 0.15) is 0 Å². The van der Waals surface area contributed by atoms with Crippen molar-refractivity contribution in [1.29, 1.82) is 0 Å². The van der Waals surface area contributed by atoms with Crippen molar-refractivity contribution in [2.24, 2.45) is 4.99 Å². The van der Waals surface area contributed by atoms with Crippen LogP contribution in [0.4, 0.5) is 22.7 Å². The van der Waals surface area contributed by atoms with Gasteiger partial charge in [-0.1, -0.05) is 48.5 Å². The van der Waals surface area contributed by atoms with Crippen LogP contribution in [0.1, 0.15) is 22.3 Å². The van der Waals surface area contributed by atoms with Crippen molar-refractivity contribution in [3.8, 4) is 0 Å². The van der Waals surface area contributed by atoms with E-state index in [4.69, 9.17) is 9.73 Å². The molecule has 1 heterocycles. The third-order valence-electron chi connectivity index (χ3n) is 6.95. The summed E-state index contributed by atoms with van der Waals surface area (Å²) in [6.45, 7) is 0. The van der Waals surface area contributed by atoms with Gasteiger partial charge in [-0.3, -0.25) is 0 Å². The third-order valence-corrected chi connectivity index (χ3v) is 6.95. The Morgan fingerprint density at radius 2 is 1.05 bits per heavy atom. The zero-order valence-corrected chi connectivity index (χ0v) is 22.4. The molecule has 0 radical (unpaired) electrons. The molecule has 1 aliphatic rings. The lowest BCUT2D eigenvalue weighted by molar-refractivity contribution is 0.137. The van der Waals surface area contributed by atoms with E-state index in [0.29, 0.717) is 5.90 Å². The highest BCUT2D eigenvalue weighted by molar-refractivity contribution is 5.98. The van der Waals surface area contributed by atoms with Crippen LogP contribution in [-0.2, 0) is 10.3 Å². The summed E-state index contributed by atoms with van der Waals surface area (Å²) < 4.78 is 7.07. The van der Waals surface area contributed by atoms with E-state index in [1.807, 2.05) is 18.2 Å². The van der Waals surface area contributed by atoms with Gasteiger partial charge in [0.05, 0.1) is 5.69 Å². The first-order chi connectivity index (χ1) is 17.8. The Balaban J connectivity index is 1.80. The first-order valence-corrected chi connectivity index (χ1v) is 12.5. The van der Waals surface area contributed by atoms with E-state index in [0.717, 1.165) is 45.0 Å². The molecule has 188 valence electrons. The molecule has 0 atom stereocenters. The van der Waals surface area contributed by atoms with Crippen molar-refractivity contribution in [1.82, 2.24) is 0 Å². The Morgan fingerprint density at radius 3 is 1.54 bits per heavy atom. The van der Waals surface area contributed by atoms with E-state index in [9.17, 15) is 0 Å². The predicted octanol–water partition coefficient (Wildman–Crippen LogP) is 6.29. The molecule has 4 aromatic carbocycles. The highest BCUT2D eigenvalue weighted by atomic mass is 16.5. The fraction of sp³-hybridized carbons (Fsp3) is 0.219. The molecule has 0 N–H and O–H groups in total. The average molecular weight is 491 g/mol. The number of benzene rings is 4. The van der Waals surface area contributed by atoms with Crippen molar-refractivity contribution >= 4 is 28.6 Å². The van der Waals surface area contributed by atoms with Crippen LogP contribution in [0.5, 0.6) is 0 Å². The van der Waals surface area contributed by atoms with Crippen molar-refractivity contribution < 1.29 is 4.74 Å². The number of rotatable bonds is 6. The summed E-state index contributed by atoms with van der Waals surface area (Å²) in [4.78, 5) is 11.4. The number of aliphatic imine (C=N–C) groups is 1. The highest BCUT2D eigenvalue weighted by Crippen LogP contribution is 2.49. The zero-order valence-electron chi connectivity index (χ0n) is 22.4. The van der Waals surface area contributed by atoms with Crippen LogP contribution in [0.3, 0.4) is 0 Å². The number of ether oxygens (including phenoxy) is 1. The topological polar surface area (TPSA) is 31.3 Å². The molecular formula is C32H34N4O. The molecule has 5 nitrogen and oxygen atoms in total. The van der Waals surface area contributed by atoms with Gasteiger partial charge in [-0.2, -0.15) is 0 Å². The summed E-state index contributed by atoms with van der Waals surface area (Å²) >= 11 is 0. The molecule has 0 bridgehead atoms. The minimum absolute atomic E-state index is 0.609. The van der Waals surface area contributed by atoms with Crippen molar-refractivity contribution in [3.63, 3.8) is 0 Å². The van der Waals surface area contributed by atoms with Crippen LogP contribution in [-0.4, -0.2) is 48.2 Å². The quantitative estimate of drug-likeness (QED) is 0.318. The average Bonchev–Trinajstić information content (AvgIpc) is 2.92. The Hall–Kier alpha value is -4.25. The molecule has 0 amide bonds. The van der Waals surface area contributed by atoms with Crippen LogP contribution >= 0.6 is 0 Å². The molecule has 5 rings (SSSR count). The number of hydrogen-bond donors (Lipinski definition) is 0. The number of fused-ring (bicyclic) bond motifs is 1. The number of hydrogen-bond acceptors (Lipinski definition) is 5. The fourth-order valence-corrected chi connectivity index (χ4v) is 4.81. The second-order valence-corrected chi connectivity index (χ2v) is 10.0. The molecule has 0 aromatic heterocycles. The predicted molar refractivity (Wildman–Crippen MR) is 156 cm³/mol. The molecule has 0 spiro atoms. The molecule has 0 saturated carbocycles. The molecule has 5 heteroatoms. The van der Waals surface area contributed by atoms with Gasteiger partial charge in [0.2, 0.25) is 5.90 Å². The molecular weight excluding hydrogens is 456 g/mol. The second-order valence-electron chi connectivity index (χ2n) is 10.0. The lowest BCUT2D eigenvalue weighted by Gasteiger charge is -2.40. The molecule has 4 aromatic rings. The van der Waals surface area contributed by atoms with E-state index in [1.54, 1.807) is 0 Å². The maximum atomic E-state index is 7.07. The summed E-state index contributed by atoms with van der Waals surface area (Å²) in [5.74, 6) is 0.609. The lowest BCUT2D eigenvalue weighted by Crippen LogP contribution is -2.38. The maximum absolute atomic E-state index is 7.07. The lowest BCUT2D eigenvalue weighted by atomic mass is 9.78. The first-order valence-electron chi connectivity index (χ1n) is 12.5. The monoisotopic (exact) mass is 490 g/mol. The van der Waals surface area contributed by atoms with Crippen molar-refractivity contribution in [2.45, 2.75) is 5.60 Å².